The SMILES string of the molecule is CCNCCCC(C)N1CCCC(C(C)(C)C)CC1. The lowest BCUT2D eigenvalue weighted by atomic mass is 9.77. The number of hydrogen-bond acceptors (Lipinski definition) is 2. The molecule has 1 saturated heterocycles. The zero-order valence-electron chi connectivity index (χ0n) is 14.0. The molecule has 2 heteroatoms. The molecule has 2 atom stereocenters. The van der Waals surface area contributed by atoms with Crippen molar-refractivity contribution in [3.05, 3.63) is 0 Å². The Hall–Kier alpha value is -0.0800. The predicted octanol–water partition coefficient (Wildman–Crippen LogP) is 3.91. The van der Waals surface area contributed by atoms with Gasteiger partial charge in [0.25, 0.3) is 0 Å². The van der Waals surface area contributed by atoms with E-state index in [0.29, 0.717) is 5.41 Å². The van der Waals surface area contributed by atoms with E-state index >= 15 is 0 Å². The van der Waals surface area contributed by atoms with Crippen LogP contribution < -0.4 is 5.32 Å². The van der Waals surface area contributed by atoms with Crippen LogP contribution in [0.4, 0.5) is 0 Å². The molecule has 1 aliphatic heterocycles. The maximum absolute atomic E-state index is 3.43. The highest BCUT2D eigenvalue weighted by atomic mass is 15.1. The molecule has 1 fully saturated rings. The number of nitrogens with zero attached hydrogens (tertiary/aromatic N) is 1. The van der Waals surface area contributed by atoms with E-state index in [-0.39, 0.29) is 0 Å². The molecule has 2 nitrogen and oxygen atoms in total. The third-order valence-corrected chi connectivity index (χ3v) is 4.84. The first-order chi connectivity index (χ1) is 8.95. The van der Waals surface area contributed by atoms with Gasteiger partial charge in [0, 0.05) is 6.04 Å². The minimum Gasteiger partial charge on any atom is -0.317 e. The Morgan fingerprint density at radius 2 is 1.95 bits per heavy atom. The molecule has 114 valence electrons. The van der Waals surface area contributed by atoms with Gasteiger partial charge in [-0.25, -0.2) is 0 Å². The van der Waals surface area contributed by atoms with E-state index in [4.69, 9.17) is 0 Å². The van der Waals surface area contributed by atoms with Gasteiger partial charge < -0.3 is 10.2 Å². The summed E-state index contributed by atoms with van der Waals surface area (Å²) in [6.07, 6.45) is 6.85. The van der Waals surface area contributed by atoms with Gasteiger partial charge in [-0.05, 0) is 76.5 Å². The van der Waals surface area contributed by atoms with Crippen molar-refractivity contribution >= 4 is 0 Å². The fraction of sp³-hybridized carbons (Fsp3) is 1.00. The summed E-state index contributed by atoms with van der Waals surface area (Å²) in [4.78, 5) is 2.73. The molecule has 0 radical (unpaired) electrons. The molecule has 0 spiro atoms. The van der Waals surface area contributed by atoms with Crippen molar-refractivity contribution in [2.45, 2.75) is 72.8 Å². The summed E-state index contributed by atoms with van der Waals surface area (Å²) in [6.45, 7) is 16.7. The predicted molar refractivity (Wildman–Crippen MR) is 85.6 cm³/mol. The summed E-state index contributed by atoms with van der Waals surface area (Å²) < 4.78 is 0. The van der Waals surface area contributed by atoms with E-state index in [1.165, 1.54) is 51.7 Å². The first-order valence-electron chi connectivity index (χ1n) is 8.40. The fourth-order valence-electron chi connectivity index (χ4n) is 3.31. The lowest BCUT2D eigenvalue weighted by Crippen LogP contribution is -2.35. The van der Waals surface area contributed by atoms with Crippen molar-refractivity contribution in [1.29, 1.82) is 0 Å². The Balaban J connectivity index is 2.31. The third-order valence-electron chi connectivity index (χ3n) is 4.84. The average molecular weight is 268 g/mol. The minimum absolute atomic E-state index is 0.490. The average Bonchev–Trinajstić information content (AvgIpc) is 2.59. The summed E-state index contributed by atoms with van der Waals surface area (Å²) in [5, 5.41) is 3.43. The molecular weight excluding hydrogens is 232 g/mol. The Morgan fingerprint density at radius 1 is 1.21 bits per heavy atom. The van der Waals surface area contributed by atoms with Crippen LogP contribution in [-0.2, 0) is 0 Å². The summed E-state index contributed by atoms with van der Waals surface area (Å²) in [7, 11) is 0. The van der Waals surface area contributed by atoms with Crippen LogP contribution >= 0.6 is 0 Å². The van der Waals surface area contributed by atoms with Gasteiger partial charge in [0.05, 0.1) is 0 Å². The Bertz CT molecular complexity index is 232. The molecule has 1 N–H and O–H groups in total. The molecule has 0 bridgehead atoms. The lowest BCUT2D eigenvalue weighted by Gasteiger charge is -2.31. The van der Waals surface area contributed by atoms with E-state index in [2.05, 4.69) is 44.8 Å². The third kappa shape index (κ3) is 6.27. The molecule has 0 amide bonds. The van der Waals surface area contributed by atoms with Crippen molar-refractivity contribution < 1.29 is 0 Å². The summed E-state index contributed by atoms with van der Waals surface area (Å²) in [6, 6.07) is 0.761. The fourth-order valence-corrected chi connectivity index (χ4v) is 3.31. The van der Waals surface area contributed by atoms with Crippen LogP contribution in [0.25, 0.3) is 0 Å². The first-order valence-corrected chi connectivity index (χ1v) is 8.40. The van der Waals surface area contributed by atoms with Crippen molar-refractivity contribution in [2.24, 2.45) is 11.3 Å². The van der Waals surface area contributed by atoms with E-state index in [0.717, 1.165) is 18.5 Å². The molecule has 19 heavy (non-hydrogen) atoms. The first kappa shape index (κ1) is 17.0. The van der Waals surface area contributed by atoms with Gasteiger partial charge in [0.2, 0.25) is 0 Å². The Morgan fingerprint density at radius 3 is 2.58 bits per heavy atom. The Labute approximate surface area is 121 Å². The summed E-state index contributed by atoms with van der Waals surface area (Å²) in [5.41, 5.74) is 0.490. The topological polar surface area (TPSA) is 15.3 Å². The van der Waals surface area contributed by atoms with Crippen LogP contribution in [0.3, 0.4) is 0 Å². The van der Waals surface area contributed by atoms with E-state index in [9.17, 15) is 0 Å². The summed E-state index contributed by atoms with van der Waals surface area (Å²) >= 11 is 0. The Kier molecular flexibility index (Phi) is 7.38. The number of hydrogen-bond donors (Lipinski definition) is 1. The largest absolute Gasteiger partial charge is 0.317 e. The van der Waals surface area contributed by atoms with Crippen molar-refractivity contribution in [3.8, 4) is 0 Å². The lowest BCUT2D eigenvalue weighted by molar-refractivity contribution is 0.182. The van der Waals surface area contributed by atoms with Gasteiger partial charge in [0.1, 0.15) is 0 Å². The second kappa shape index (κ2) is 8.26. The minimum atomic E-state index is 0.490. The zero-order valence-corrected chi connectivity index (χ0v) is 14.0. The van der Waals surface area contributed by atoms with Gasteiger partial charge in [-0.15, -0.1) is 0 Å². The second-order valence-electron chi connectivity index (χ2n) is 7.37. The van der Waals surface area contributed by atoms with Crippen LogP contribution in [0.2, 0.25) is 0 Å². The second-order valence-corrected chi connectivity index (χ2v) is 7.37. The number of rotatable bonds is 6. The van der Waals surface area contributed by atoms with E-state index < -0.39 is 0 Å². The molecule has 0 saturated carbocycles. The molecule has 1 aliphatic rings. The molecule has 2 unspecified atom stereocenters. The van der Waals surface area contributed by atoms with Gasteiger partial charge >= 0.3 is 0 Å². The van der Waals surface area contributed by atoms with Crippen LogP contribution in [-0.4, -0.2) is 37.1 Å². The van der Waals surface area contributed by atoms with Crippen molar-refractivity contribution in [2.75, 3.05) is 26.2 Å². The quantitative estimate of drug-likeness (QED) is 0.735. The molecule has 0 aliphatic carbocycles. The van der Waals surface area contributed by atoms with Gasteiger partial charge in [0.15, 0.2) is 0 Å². The molecule has 0 aromatic heterocycles. The van der Waals surface area contributed by atoms with Crippen LogP contribution in [0.1, 0.15) is 66.7 Å². The maximum atomic E-state index is 3.43. The molecule has 0 aromatic carbocycles. The summed E-state index contributed by atoms with van der Waals surface area (Å²) in [5.74, 6) is 0.909. The van der Waals surface area contributed by atoms with E-state index in [1.54, 1.807) is 0 Å². The molecule has 0 aromatic rings. The highest BCUT2D eigenvalue weighted by Gasteiger charge is 2.28. The normalized spacial score (nSPS) is 24.2. The molecule has 1 heterocycles. The standard InChI is InChI=1S/C17H36N2/c1-6-18-12-7-9-15(2)19-13-8-10-16(11-14-19)17(3,4)5/h15-16,18H,6-14H2,1-5H3. The van der Waals surface area contributed by atoms with E-state index in [1.807, 2.05) is 0 Å². The van der Waals surface area contributed by atoms with Crippen molar-refractivity contribution in [3.63, 3.8) is 0 Å². The monoisotopic (exact) mass is 268 g/mol. The highest BCUT2D eigenvalue weighted by molar-refractivity contribution is 4.80. The van der Waals surface area contributed by atoms with Gasteiger partial charge in [-0.3, -0.25) is 0 Å². The van der Waals surface area contributed by atoms with Crippen LogP contribution in [0.5, 0.6) is 0 Å². The smallest absolute Gasteiger partial charge is 0.00674 e. The molecule has 1 rings (SSSR count). The van der Waals surface area contributed by atoms with Gasteiger partial charge in [-0.2, -0.15) is 0 Å². The molecular formula is C17H36N2. The van der Waals surface area contributed by atoms with Crippen LogP contribution in [0.15, 0.2) is 0 Å². The maximum Gasteiger partial charge on any atom is 0.00674 e. The highest BCUT2D eigenvalue weighted by Crippen LogP contribution is 2.34. The number of likely N-dealkylation sites (tertiary alicyclic amines) is 1. The van der Waals surface area contributed by atoms with Crippen molar-refractivity contribution in [1.82, 2.24) is 10.2 Å². The number of nitrogens with one attached hydrogen (secondary N) is 1. The van der Waals surface area contributed by atoms with Gasteiger partial charge in [-0.1, -0.05) is 27.7 Å². The van der Waals surface area contributed by atoms with Crippen LogP contribution in [0, 0.1) is 11.3 Å². The zero-order chi connectivity index (χ0) is 14.3.